The maximum Gasteiger partial charge on any atom is 1.00 e. The molecule has 1 N–H and O–H groups in total. The number of nitrogens with one attached hydrogen (secondary N) is 1. The minimum Gasteiger partial charge on any atom is -0.804 e. The van der Waals surface area contributed by atoms with Crippen LogP contribution in [0.5, 0.6) is 0 Å². The molecule has 1 saturated carbocycles. The standard InChI is InChI=1S/C7H14NO4P.2Na/c9-7(13(10,11)12)8-6-4-2-1-3-5-6;;/h6H,1-5H2,(H,8,9)(H2,10,11,12);;/q;2*+1/p-2. The zero-order chi connectivity index (χ0) is 9.90. The fourth-order valence-electron chi connectivity index (χ4n) is 1.50. The Morgan fingerprint density at radius 2 is 1.60 bits per heavy atom. The second kappa shape index (κ2) is 8.67. The van der Waals surface area contributed by atoms with E-state index in [0.717, 1.165) is 32.1 Å². The van der Waals surface area contributed by atoms with Gasteiger partial charge in [0.05, 0.1) is 0 Å². The molecular weight excluding hydrogens is 239 g/mol. The van der Waals surface area contributed by atoms with E-state index in [4.69, 9.17) is 0 Å². The van der Waals surface area contributed by atoms with Gasteiger partial charge in [-0.05, 0) is 12.8 Å². The third-order valence-corrected chi connectivity index (χ3v) is 2.81. The third kappa shape index (κ3) is 7.53. The summed E-state index contributed by atoms with van der Waals surface area (Å²) in [6, 6.07) is -0.127. The van der Waals surface area contributed by atoms with E-state index >= 15 is 0 Å². The number of hydrogen-bond acceptors (Lipinski definition) is 4. The Balaban J connectivity index is 0. The maximum atomic E-state index is 10.7. The van der Waals surface area contributed by atoms with Crippen LogP contribution in [0.4, 0.5) is 4.79 Å². The van der Waals surface area contributed by atoms with Crippen LogP contribution in [0.2, 0.25) is 0 Å². The van der Waals surface area contributed by atoms with Crippen LogP contribution in [0.1, 0.15) is 32.1 Å². The van der Waals surface area contributed by atoms with Gasteiger partial charge in [-0.1, -0.05) is 19.3 Å². The van der Waals surface area contributed by atoms with Crippen molar-refractivity contribution in [2.45, 2.75) is 38.1 Å². The first kappa shape index (κ1) is 19.0. The van der Waals surface area contributed by atoms with Crippen LogP contribution in [0, 0.1) is 0 Å². The minimum absolute atomic E-state index is 0. The Labute approximate surface area is 134 Å². The number of carbonyl (C=O) groups excluding carboxylic acids is 1. The van der Waals surface area contributed by atoms with E-state index in [1.165, 1.54) is 0 Å². The summed E-state index contributed by atoms with van der Waals surface area (Å²) in [6.07, 6.45) is 4.61. The van der Waals surface area contributed by atoms with Gasteiger partial charge < -0.3 is 19.7 Å². The predicted molar refractivity (Wildman–Crippen MR) is 43.0 cm³/mol. The van der Waals surface area contributed by atoms with Crippen molar-refractivity contribution in [3.05, 3.63) is 0 Å². The Morgan fingerprint density at radius 1 is 1.13 bits per heavy atom. The van der Waals surface area contributed by atoms with Gasteiger partial charge in [0, 0.05) is 13.6 Å². The fourth-order valence-corrected chi connectivity index (χ4v) is 1.84. The molecule has 76 valence electrons. The average Bonchev–Trinajstić information content (AvgIpc) is 2.04. The van der Waals surface area contributed by atoms with Gasteiger partial charge in [-0.25, -0.2) is 0 Å². The van der Waals surface area contributed by atoms with Crippen molar-refractivity contribution in [1.82, 2.24) is 5.32 Å². The van der Waals surface area contributed by atoms with Crippen LogP contribution >= 0.6 is 7.60 Å². The zero-order valence-electron chi connectivity index (χ0n) is 9.19. The summed E-state index contributed by atoms with van der Waals surface area (Å²) in [7, 11) is -5.07. The van der Waals surface area contributed by atoms with Gasteiger partial charge in [0.25, 0.3) is 0 Å². The summed E-state index contributed by atoms with van der Waals surface area (Å²) in [4.78, 5) is 31.3. The molecule has 1 amide bonds. The van der Waals surface area contributed by atoms with Crippen LogP contribution in [0.25, 0.3) is 0 Å². The summed E-state index contributed by atoms with van der Waals surface area (Å²) in [5.41, 5.74) is -1.36. The number of carbonyl (C=O) groups is 1. The summed E-state index contributed by atoms with van der Waals surface area (Å²) < 4.78 is 10.3. The van der Waals surface area contributed by atoms with Crippen molar-refractivity contribution >= 4 is 13.2 Å². The van der Waals surface area contributed by atoms with E-state index < -0.39 is 13.2 Å². The molecule has 0 aliphatic heterocycles. The van der Waals surface area contributed by atoms with Gasteiger partial charge in [-0.3, -0.25) is 4.79 Å². The van der Waals surface area contributed by atoms with E-state index in [9.17, 15) is 19.1 Å². The Bertz CT molecular complexity index is 239. The van der Waals surface area contributed by atoms with Crippen molar-refractivity contribution in [3.8, 4) is 0 Å². The summed E-state index contributed by atoms with van der Waals surface area (Å²) in [5.74, 6) is 0. The quantitative estimate of drug-likeness (QED) is 0.390. The van der Waals surface area contributed by atoms with Gasteiger partial charge in [-0.2, -0.15) is 0 Å². The molecule has 0 aromatic rings. The molecule has 0 saturated heterocycles. The van der Waals surface area contributed by atoms with Crippen molar-refractivity contribution in [3.63, 3.8) is 0 Å². The molecule has 1 aliphatic rings. The van der Waals surface area contributed by atoms with E-state index in [0.29, 0.717) is 0 Å². The zero-order valence-corrected chi connectivity index (χ0v) is 14.1. The molecule has 1 fully saturated rings. The van der Waals surface area contributed by atoms with Gasteiger partial charge in [0.1, 0.15) is 0 Å². The number of hydrogen-bond donors (Lipinski definition) is 1. The Kier molecular flexibility index (Phi) is 11.0. The molecule has 1 aliphatic carbocycles. The van der Waals surface area contributed by atoms with Gasteiger partial charge in [-0.15, -0.1) is 0 Å². The molecule has 0 atom stereocenters. The van der Waals surface area contributed by atoms with Crippen LogP contribution in [0.3, 0.4) is 0 Å². The monoisotopic (exact) mass is 251 g/mol. The van der Waals surface area contributed by atoms with E-state index in [1.54, 1.807) is 0 Å². The second-order valence-electron chi connectivity index (χ2n) is 3.28. The smallest absolute Gasteiger partial charge is 0.804 e. The topological polar surface area (TPSA) is 92.3 Å². The van der Waals surface area contributed by atoms with Crippen molar-refractivity contribution in [1.29, 1.82) is 0 Å². The second-order valence-corrected chi connectivity index (χ2v) is 4.68. The minimum atomic E-state index is -5.07. The molecule has 8 heteroatoms. The van der Waals surface area contributed by atoms with Crippen molar-refractivity contribution < 1.29 is 78.3 Å². The normalized spacial score (nSPS) is 17.2. The maximum absolute atomic E-state index is 10.7. The van der Waals surface area contributed by atoms with Gasteiger partial charge in [0.2, 0.25) is 5.65 Å². The molecule has 0 aromatic carbocycles. The van der Waals surface area contributed by atoms with Crippen LogP contribution in [-0.4, -0.2) is 11.7 Å². The number of rotatable bonds is 2. The van der Waals surface area contributed by atoms with Crippen molar-refractivity contribution in [2.75, 3.05) is 0 Å². The Morgan fingerprint density at radius 3 is 2.00 bits per heavy atom. The van der Waals surface area contributed by atoms with E-state index in [2.05, 4.69) is 5.32 Å². The van der Waals surface area contributed by atoms with E-state index in [-0.39, 0.29) is 65.2 Å². The first-order valence-corrected chi connectivity index (χ1v) is 5.87. The van der Waals surface area contributed by atoms with Gasteiger partial charge in [0.15, 0.2) is 0 Å². The van der Waals surface area contributed by atoms with Gasteiger partial charge >= 0.3 is 59.1 Å². The fraction of sp³-hybridized carbons (Fsp3) is 0.857. The molecule has 0 heterocycles. The molecule has 0 unspecified atom stereocenters. The first-order chi connectivity index (χ1) is 6.00. The van der Waals surface area contributed by atoms with Crippen molar-refractivity contribution in [2.24, 2.45) is 0 Å². The largest absolute Gasteiger partial charge is 1.00 e. The number of amides is 1. The first-order valence-electron chi connectivity index (χ1n) is 4.33. The summed E-state index contributed by atoms with van der Waals surface area (Å²) in [5, 5.41) is 2.23. The summed E-state index contributed by atoms with van der Waals surface area (Å²) in [6.45, 7) is 0. The SMILES string of the molecule is O=C(NC1CCCCC1)P(=O)([O-])[O-].[Na+].[Na+]. The molecule has 1 rings (SSSR count). The molecule has 0 radical (unpaired) electrons. The molecular formula is C7H12NNa2O4P. The molecule has 0 spiro atoms. The Hall–Kier alpha value is 1.62. The molecule has 0 aromatic heterocycles. The summed E-state index contributed by atoms with van der Waals surface area (Å²) >= 11 is 0. The molecule has 15 heavy (non-hydrogen) atoms. The van der Waals surface area contributed by atoms with Crippen LogP contribution in [0.15, 0.2) is 0 Å². The third-order valence-electron chi connectivity index (χ3n) is 2.18. The predicted octanol–water partition coefficient (Wildman–Crippen LogP) is -6.05. The molecule has 0 bridgehead atoms. The molecule has 5 nitrogen and oxygen atoms in total. The van der Waals surface area contributed by atoms with E-state index in [1.807, 2.05) is 0 Å². The average molecular weight is 251 g/mol. The van der Waals surface area contributed by atoms with Crippen LogP contribution < -0.4 is 74.2 Å². The van der Waals surface area contributed by atoms with Crippen LogP contribution in [-0.2, 0) is 4.57 Å².